The molecule has 0 atom stereocenters. The zero-order chi connectivity index (χ0) is 12.0. The summed E-state index contributed by atoms with van der Waals surface area (Å²) in [6.07, 6.45) is 4.21. The summed E-state index contributed by atoms with van der Waals surface area (Å²) >= 11 is 5.72. The number of benzene rings is 1. The van der Waals surface area contributed by atoms with Crippen molar-refractivity contribution in [3.05, 3.63) is 40.4 Å². The fourth-order valence-electron chi connectivity index (χ4n) is 1.85. The fourth-order valence-corrected chi connectivity index (χ4v) is 2.06. The van der Waals surface area contributed by atoms with Crippen LogP contribution in [0.3, 0.4) is 0 Å². The maximum atomic E-state index is 13.7. The SMILES string of the molecule is Cc1c(-n2cc(C3CC3)nn2)ccc(Cl)c1F. The molecule has 0 radical (unpaired) electrons. The summed E-state index contributed by atoms with van der Waals surface area (Å²) in [6, 6.07) is 3.30. The van der Waals surface area contributed by atoms with Gasteiger partial charge in [0.25, 0.3) is 0 Å². The Morgan fingerprint density at radius 1 is 1.41 bits per heavy atom. The fraction of sp³-hybridized carbons (Fsp3) is 0.333. The molecule has 3 nitrogen and oxygen atoms in total. The van der Waals surface area contributed by atoms with Crippen LogP contribution in [0.15, 0.2) is 18.3 Å². The lowest BCUT2D eigenvalue weighted by Gasteiger charge is -2.06. The van der Waals surface area contributed by atoms with Crippen molar-refractivity contribution in [2.45, 2.75) is 25.7 Å². The van der Waals surface area contributed by atoms with Crippen molar-refractivity contribution in [1.82, 2.24) is 15.0 Å². The van der Waals surface area contributed by atoms with E-state index in [9.17, 15) is 4.39 Å². The first-order valence-electron chi connectivity index (χ1n) is 5.54. The Morgan fingerprint density at radius 3 is 2.88 bits per heavy atom. The van der Waals surface area contributed by atoms with Crippen LogP contribution in [0.4, 0.5) is 4.39 Å². The highest BCUT2D eigenvalue weighted by Gasteiger charge is 2.26. The second-order valence-electron chi connectivity index (χ2n) is 4.37. The molecule has 0 saturated heterocycles. The predicted octanol–water partition coefficient (Wildman–Crippen LogP) is 3.25. The van der Waals surface area contributed by atoms with Crippen LogP contribution in [0.25, 0.3) is 5.69 Å². The Labute approximate surface area is 103 Å². The van der Waals surface area contributed by atoms with Crippen LogP contribution < -0.4 is 0 Å². The number of hydrogen-bond donors (Lipinski definition) is 0. The van der Waals surface area contributed by atoms with Gasteiger partial charge in [0.1, 0.15) is 5.82 Å². The molecular formula is C12H11ClFN3. The molecule has 1 aromatic carbocycles. The van der Waals surface area contributed by atoms with Gasteiger partial charge < -0.3 is 0 Å². The second-order valence-corrected chi connectivity index (χ2v) is 4.77. The van der Waals surface area contributed by atoms with Crippen molar-refractivity contribution in [1.29, 1.82) is 0 Å². The molecule has 5 heteroatoms. The van der Waals surface area contributed by atoms with Crippen LogP contribution in [0.2, 0.25) is 5.02 Å². The predicted molar refractivity (Wildman–Crippen MR) is 63.0 cm³/mol. The van der Waals surface area contributed by atoms with Crippen LogP contribution >= 0.6 is 11.6 Å². The van der Waals surface area contributed by atoms with Crippen LogP contribution in [0.5, 0.6) is 0 Å². The molecule has 1 saturated carbocycles. The molecule has 1 heterocycles. The van der Waals surface area contributed by atoms with E-state index >= 15 is 0 Å². The number of hydrogen-bond acceptors (Lipinski definition) is 2. The van der Waals surface area contributed by atoms with Gasteiger partial charge in [-0.05, 0) is 31.9 Å². The monoisotopic (exact) mass is 251 g/mol. The van der Waals surface area contributed by atoms with E-state index in [1.54, 1.807) is 17.7 Å². The molecule has 1 fully saturated rings. The van der Waals surface area contributed by atoms with E-state index in [2.05, 4.69) is 10.3 Å². The number of halogens is 2. The van der Waals surface area contributed by atoms with E-state index < -0.39 is 5.82 Å². The molecule has 1 aromatic heterocycles. The van der Waals surface area contributed by atoms with Crippen LogP contribution in [-0.2, 0) is 0 Å². The summed E-state index contributed by atoms with van der Waals surface area (Å²) < 4.78 is 15.3. The standard InChI is InChI=1S/C12H11ClFN3/c1-7-11(5-4-9(13)12(7)14)17-6-10(15-16-17)8-2-3-8/h4-6,8H,2-3H2,1H3. The van der Waals surface area contributed by atoms with E-state index in [1.807, 2.05) is 6.20 Å². The summed E-state index contributed by atoms with van der Waals surface area (Å²) in [7, 11) is 0. The first-order chi connectivity index (χ1) is 8.16. The van der Waals surface area contributed by atoms with E-state index in [4.69, 9.17) is 11.6 Å². The van der Waals surface area contributed by atoms with Gasteiger partial charge in [-0.3, -0.25) is 0 Å². The van der Waals surface area contributed by atoms with Gasteiger partial charge in [-0.15, -0.1) is 5.10 Å². The zero-order valence-corrected chi connectivity index (χ0v) is 10.1. The lowest BCUT2D eigenvalue weighted by atomic mass is 10.2. The molecular weight excluding hydrogens is 241 g/mol. The van der Waals surface area contributed by atoms with Crippen LogP contribution in [0.1, 0.15) is 30.0 Å². The largest absolute Gasteiger partial charge is 0.220 e. The van der Waals surface area contributed by atoms with Crippen LogP contribution in [-0.4, -0.2) is 15.0 Å². The van der Waals surface area contributed by atoms with E-state index in [0.29, 0.717) is 17.2 Å². The molecule has 0 amide bonds. The molecule has 1 aliphatic rings. The highest BCUT2D eigenvalue weighted by molar-refractivity contribution is 6.30. The van der Waals surface area contributed by atoms with Crippen molar-refractivity contribution >= 4 is 11.6 Å². The molecule has 0 unspecified atom stereocenters. The molecule has 0 spiro atoms. The average Bonchev–Trinajstić information content (AvgIpc) is 3.06. The molecule has 0 N–H and O–H groups in total. The molecule has 88 valence electrons. The summed E-state index contributed by atoms with van der Waals surface area (Å²) in [4.78, 5) is 0. The number of nitrogens with zero attached hydrogens (tertiary/aromatic N) is 3. The Kier molecular flexibility index (Phi) is 2.40. The summed E-state index contributed by atoms with van der Waals surface area (Å²) in [5, 5.41) is 8.27. The molecule has 3 rings (SSSR count). The van der Waals surface area contributed by atoms with Gasteiger partial charge in [-0.1, -0.05) is 16.8 Å². The Morgan fingerprint density at radius 2 is 2.18 bits per heavy atom. The van der Waals surface area contributed by atoms with Crippen molar-refractivity contribution in [3.8, 4) is 5.69 Å². The quantitative estimate of drug-likeness (QED) is 0.820. The minimum Gasteiger partial charge on any atom is -0.220 e. The minimum atomic E-state index is -0.396. The third kappa shape index (κ3) is 1.82. The van der Waals surface area contributed by atoms with Gasteiger partial charge in [-0.25, -0.2) is 9.07 Å². The van der Waals surface area contributed by atoms with E-state index in [1.165, 1.54) is 18.9 Å². The Balaban J connectivity index is 2.05. The minimum absolute atomic E-state index is 0.133. The number of aromatic nitrogens is 3. The maximum Gasteiger partial charge on any atom is 0.146 e. The lowest BCUT2D eigenvalue weighted by Crippen LogP contribution is -2.00. The normalized spacial score (nSPS) is 15.2. The Bertz CT molecular complexity index is 575. The van der Waals surface area contributed by atoms with Crippen molar-refractivity contribution < 1.29 is 4.39 Å². The van der Waals surface area contributed by atoms with Crippen molar-refractivity contribution in [2.24, 2.45) is 0 Å². The molecule has 0 bridgehead atoms. The average molecular weight is 252 g/mol. The highest BCUT2D eigenvalue weighted by atomic mass is 35.5. The van der Waals surface area contributed by atoms with Gasteiger partial charge in [0.05, 0.1) is 22.6 Å². The van der Waals surface area contributed by atoms with Gasteiger partial charge >= 0.3 is 0 Å². The highest BCUT2D eigenvalue weighted by Crippen LogP contribution is 2.38. The van der Waals surface area contributed by atoms with Crippen molar-refractivity contribution in [3.63, 3.8) is 0 Å². The molecule has 0 aliphatic heterocycles. The van der Waals surface area contributed by atoms with Gasteiger partial charge in [0.2, 0.25) is 0 Å². The van der Waals surface area contributed by atoms with Gasteiger partial charge in [0, 0.05) is 11.5 Å². The topological polar surface area (TPSA) is 30.7 Å². The van der Waals surface area contributed by atoms with Crippen molar-refractivity contribution in [2.75, 3.05) is 0 Å². The second kappa shape index (κ2) is 3.81. The maximum absolute atomic E-state index is 13.7. The van der Waals surface area contributed by atoms with Crippen LogP contribution in [0, 0.1) is 12.7 Å². The first-order valence-corrected chi connectivity index (χ1v) is 5.92. The third-order valence-electron chi connectivity index (χ3n) is 3.06. The zero-order valence-electron chi connectivity index (χ0n) is 9.32. The lowest BCUT2D eigenvalue weighted by molar-refractivity contribution is 0.615. The third-order valence-corrected chi connectivity index (χ3v) is 3.36. The summed E-state index contributed by atoms with van der Waals surface area (Å²) in [5.41, 5.74) is 2.16. The smallest absolute Gasteiger partial charge is 0.146 e. The summed E-state index contributed by atoms with van der Waals surface area (Å²) in [5.74, 6) is 0.147. The summed E-state index contributed by atoms with van der Waals surface area (Å²) in [6.45, 7) is 1.69. The molecule has 17 heavy (non-hydrogen) atoms. The molecule has 2 aromatic rings. The molecule has 1 aliphatic carbocycles. The Hall–Kier alpha value is -1.42. The first kappa shape index (κ1) is 10.7. The van der Waals surface area contributed by atoms with E-state index in [0.717, 1.165) is 5.69 Å². The van der Waals surface area contributed by atoms with Gasteiger partial charge in [-0.2, -0.15) is 0 Å². The van der Waals surface area contributed by atoms with E-state index in [-0.39, 0.29) is 5.02 Å². The van der Waals surface area contributed by atoms with Gasteiger partial charge in [0.15, 0.2) is 0 Å². The number of rotatable bonds is 2.